The van der Waals surface area contributed by atoms with Crippen molar-refractivity contribution in [3.63, 3.8) is 0 Å². The van der Waals surface area contributed by atoms with E-state index in [-0.39, 0.29) is 18.0 Å². The van der Waals surface area contributed by atoms with Crippen LogP contribution < -0.4 is 9.47 Å². The molecule has 5 nitrogen and oxygen atoms in total. The minimum absolute atomic E-state index is 0.194. The van der Waals surface area contributed by atoms with Crippen molar-refractivity contribution in [2.24, 2.45) is 0 Å². The molecule has 18 heavy (non-hydrogen) atoms. The van der Waals surface area contributed by atoms with Crippen molar-refractivity contribution in [1.82, 2.24) is 0 Å². The fourth-order valence-electron chi connectivity index (χ4n) is 2.40. The summed E-state index contributed by atoms with van der Waals surface area (Å²) in [5.41, 5.74) is 1.95. The molecule has 2 fully saturated rings. The zero-order valence-corrected chi connectivity index (χ0v) is 10.1. The molecule has 1 aromatic carbocycles. The quantitative estimate of drug-likeness (QED) is 0.812. The van der Waals surface area contributed by atoms with Gasteiger partial charge in [-0.25, -0.2) is 0 Å². The maximum Gasteiger partial charge on any atom is 0.216 e. The van der Waals surface area contributed by atoms with E-state index in [4.69, 9.17) is 18.9 Å². The van der Waals surface area contributed by atoms with Crippen molar-refractivity contribution >= 4 is 0 Å². The smallest absolute Gasteiger partial charge is 0.216 e. The molecule has 5 heteroatoms. The Balaban J connectivity index is 1.76. The molecule has 0 amide bonds. The third kappa shape index (κ3) is 1.62. The summed E-state index contributed by atoms with van der Waals surface area (Å²) in [6.07, 6.45) is 1.99. The highest BCUT2D eigenvalue weighted by Crippen LogP contribution is 2.61. The highest BCUT2D eigenvalue weighted by molar-refractivity contribution is 5.75. The number of hydrogen-bond donors (Lipinski definition) is 1. The Bertz CT molecular complexity index is 517. The number of phenols is 1. The molecule has 2 unspecified atom stereocenters. The number of methoxy groups -OCH3 is 1. The Labute approximate surface area is 104 Å². The highest BCUT2D eigenvalue weighted by atomic mass is 16.6. The molecule has 0 aromatic heterocycles. The van der Waals surface area contributed by atoms with Gasteiger partial charge in [-0.05, 0) is 0 Å². The lowest BCUT2D eigenvalue weighted by atomic mass is 9.97. The molecular weight excluding hydrogens is 236 g/mol. The van der Waals surface area contributed by atoms with Gasteiger partial charge in [0.1, 0.15) is 0 Å². The number of aromatic hydroxyl groups is 1. The van der Waals surface area contributed by atoms with E-state index in [2.05, 4.69) is 0 Å². The second kappa shape index (κ2) is 3.52. The van der Waals surface area contributed by atoms with Crippen LogP contribution in [-0.2, 0) is 22.3 Å². The maximum absolute atomic E-state index is 10.3. The predicted molar refractivity (Wildman–Crippen MR) is 61.6 cm³/mol. The van der Waals surface area contributed by atoms with Crippen molar-refractivity contribution in [2.45, 2.75) is 25.0 Å². The van der Waals surface area contributed by atoms with Crippen LogP contribution in [0.4, 0.5) is 0 Å². The molecule has 0 saturated carbocycles. The first-order chi connectivity index (χ1) is 8.78. The molecule has 0 radical (unpaired) electrons. The van der Waals surface area contributed by atoms with Gasteiger partial charge in [0.25, 0.3) is 0 Å². The molecule has 3 aliphatic heterocycles. The summed E-state index contributed by atoms with van der Waals surface area (Å²) < 4.78 is 21.2. The van der Waals surface area contributed by atoms with E-state index in [9.17, 15) is 5.11 Å². The molecule has 1 aromatic rings. The fraction of sp³-hybridized carbons (Fsp3) is 0.538. The van der Waals surface area contributed by atoms with Crippen LogP contribution in [0.1, 0.15) is 11.1 Å². The van der Waals surface area contributed by atoms with Crippen LogP contribution in [-0.4, -0.2) is 37.6 Å². The molecule has 96 valence electrons. The third-order valence-electron chi connectivity index (χ3n) is 3.59. The van der Waals surface area contributed by atoms with Crippen LogP contribution >= 0.6 is 0 Å². The standard InChI is InChI=1S/C13H14O5/c1-15-12-10(14)8(2-6-4-16-6)9(3-7-5-17-7)11-13(12)18-11/h6-7,14H,2-5H2,1H3. The lowest BCUT2D eigenvalue weighted by molar-refractivity contribution is 0.363. The molecule has 4 rings (SSSR count). The Kier molecular flexibility index (Phi) is 2.05. The Morgan fingerprint density at radius 2 is 1.72 bits per heavy atom. The van der Waals surface area contributed by atoms with Gasteiger partial charge in [0.05, 0.1) is 32.5 Å². The molecule has 3 heterocycles. The van der Waals surface area contributed by atoms with Crippen molar-refractivity contribution in [1.29, 1.82) is 0 Å². The van der Waals surface area contributed by atoms with Crippen molar-refractivity contribution in [2.75, 3.05) is 20.3 Å². The van der Waals surface area contributed by atoms with Gasteiger partial charge in [-0.1, -0.05) is 0 Å². The van der Waals surface area contributed by atoms with Gasteiger partial charge in [0.2, 0.25) is 11.5 Å². The number of ether oxygens (including phenoxy) is 4. The Morgan fingerprint density at radius 3 is 2.28 bits per heavy atom. The van der Waals surface area contributed by atoms with Crippen molar-refractivity contribution < 1.29 is 24.1 Å². The molecule has 1 N–H and O–H groups in total. The minimum atomic E-state index is 0.194. The number of benzene rings is 1. The molecule has 2 saturated heterocycles. The SMILES string of the molecule is COc1c(O)c(CC2CO2)c(CC2CO2)c2c1O2. The van der Waals surface area contributed by atoms with Gasteiger partial charge in [0.15, 0.2) is 11.5 Å². The number of phenolic OH excluding ortho intramolecular Hbond substituents is 1. The third-order valence-corrected chi connectivity index (χ3v) is 3.59. The number of rotatable bonds is 5. The lowest BCUT2D eigenvalue weighted by Gasteiger charge is -2.09. The van der Waals surface area contributed by atoms with Crippen LogP contribution in [0.5, 0.6) is 23.0 Å². The maximum atomic E-state index is 10.3. The zero-order valence-electron chi connectivity index (χ0n) is 10.1. The molecular formula is C13H14O5. The number of hydrogen-bond acceptors (Lipinski definition) is 5. The zero-order chi connectivity index (χ0) is 12.3. The average Bonchev–Trinajstić information content (AvgIpc) is 3.21. The normalized spacial score (nSPS) is 26.3. The topological polar surface area (TPSA) is 67.0 Å². The summed E-state index contributed by atoms with van der Waals surface area (Å²) in [4.78, 5) is 0. The van der Waals surface area contributed by atoms with Crippen LogP contribution in [0.15, 0.2) is 0 Å². The molecule has 0 bridgehead atoms. The fourth-order valence-corrected chi connectivity index (χ4v) is 2.40. The van der Waals surface area contributed by atoms with Crippen LogP contribution in [0.25, 0.3) is 0 Å². The van der Waals surface area contributed by atoms with E-state index in [1.807, 2.05) is 0 Å². The first-order valence-electron chi connectivity index (χ1n) is 6.13. The van der Waals surface area contributed by atoms with E-state index in [0.717, 1.165) is 36.5 Å². The second-order valence-corrected chi connectivity index (χ2v) is 4.92. The van der Waals surface area contributed by atoms with E-state index in [0.29, 0.717) is 17.9 Å². The van der Waals surface area contributed by atoms with Crippen LogP contribution in [0, 0.1) is 0 Å². The molecule has 0 spiro atoms. The van der Waals surface area contributed by atoms with E-state index in [1.165, 1.54) is 7.11 Å². The monoisotopic (exact) mass is 250 g/mol. The van der Waals surface area contributed by atoms with E-state index in [1.54, 1.807) is 0 Å². The largest absolute Gasteiger partial charge is 0.504 e. The summed E-state index contributed by atoms with van der Waals surface area (Å²) in [5, 5.41) is 10.3. The number of epoxide rings is 2. The molecule has 3 aliphatic rings. The summed E-state index contributed by atoms with van der Waals surface area (Å²) in [6.45, 7) is 1.56. The van der Waals surface area contributed by atoms with Gasteiger partial charge >= 0.3 is 0 Å². The Hall–Kier alpha value is -1.46. The first-order valence-corrected chi connectivity index (χ1v) is 6.13. The predicted octanol–water partition coefficient (Wildman–Crippen LogP) is 1.39. The molecule has 2 atom stereocenters. The minimum Gasteiger partial charge on any atom is -0.504 e. The van der Waals surface area contributed by atoms with Crippen molar-refractivity contribution in [3.05, 3.63) is 11.1 Å². The van der Waals surface area contributed by atoms with Crippen LogP contribution in [0.3, 0.4) is 0 Å². The molecule has 0 aliphatic carbocycles. The summed E-state index contributed by atoms with van der Waals surface area (Å²) in [6, 6.07) is 0. The van der Waals surface area contributed by atoms with Gasteiger partial charge in [-0.2, -0.15) is 0 Å². The summed E-state index contributed by atoms with van der Waals surface area (Å²) in [5.74, 6) is 2.17. The van der Waals surface area contributed by atoms with Gasteiger partial charge in [-0.3, -0.25) is 0 Å². The first kappa shape index (κ1) is 10.5. The van der Waals surface area contributed by atoms with E-state index >= 15 is 0 Å². The van der Waals surface area contributed by atoms with Gasteiger partial charge < -0.3 is 24.1 Å². The van der Waals surface area contributed by atoms with Gasteiger partial charge in [-0.15, -0.1) is 0 Å². The summed E-state index contributed by atoms with van der Waals surface area (Å²) >= 11 is 0. The van der Waals surface area contributed by atoms with Crippen molar-refractivity contribution in [3.8, 4) is 23.0 Å². The van der Waals surface area contributed by atoms with Gasteiger partial charge in [0, 0.05) is 24.0 Å². The van der Waals surface area contributed by atoms with E-state index < -0.39 is 0 Å². The highest BCUT2D eigenvalue weighted by Gasteiger charge is 2.40. The second-order valence-electron chi connectivity index (χ2n) is 4.92. The Morgan fingerprint density at radius 1 is 1.11 bits per heavy atom. The summed E-state index contributed by atoms with van der Waals surface area (Å²) in [7, 11) is 1.54. The lowest BCUT2D eigenvalue weighted by Crippen LogP contribution is -2.02. The van der Waals surface area contributed by atoms with Crippen LogP contribution in [0.2, 0.25) is 0 Å². The average molecular weight is 250 g/mol. The number of fused-ring (bicyclic) bond motifs is 1.